The first-order chi connectivity index (χ1) is 16.7. The van der Waals surface area contributed by atoms with Gasteiger partial charge in [-0.1, -0.05) is 42.5 Å². The summed E-state index contributed by atoms with van der Waals surface area (Å²) in [7, 11) is 0. The van der Waals surface area contributed by atoms with E-state index >= 15 is 0 Å². The first-order valence-electron chi connectivity index (χ1n) is 11.9. The molecule has 2 N–H and O–H groups in total. The van der Waals surface area contributed by atoms with Crippen LogP contribution in [0.4, 0.5) is 11.4 Å². The van der Waals surface area contributed by atoms with Crippen molar-refractivity contribution in [1.82, 2.24) is 5.32 Å². The Hall–Kier alpha value is -3.80. The number of carbonyl (C=O) groups excluding carboxylic acids is 2. The highest BCUT2D eigenvalue weighted by Crippen LogP contribution is 2.44. The molecule has 34 heavy (non-hydrogen) atoms. The van der Waals surface area contributed by atoms with Gasteiger partial charge in [0.25, 0.3) is 0 Å². The van der Waals surface area contributed by atoms with E-state index in [4.69, 9.17) is 4.42 Å². The van der Waals surface area contributed by atoms with Gasteiger partial charge in [0.15, 0.2) is 5.78 Å². The molecule has 2 aromatic carbocycles. The van der Waals surface area contributed by atoms with Crippen LogP contribution in [-0.4, -0.2) is 24.8 Å². The van der Waals surface area contributed by atoms with E-state index in [-0.39, 0.29) is 18.2 Å². The Morgan fingerprint density at radius 3 is 2.68 bits per heavy atom. The van der Waals surface area contributed by atoms with Gasteiger partial charge in [0, 0.05) is 24.2 Å². The van der Waals surface area contributed by atoms with E-state index in [1.165, 1.54) is 5.56 Å². The quantitative estimate of drug-likeness (QED) is 0.490. The summed E-state index contributed by atoms with van der Waals surface area (Å²) in [6.45, 7) is 0.721. The third-order valence-electron chi connectivity index (χ3n) is 6.47. The first kappa shape index (κ1) is 22.0. The molecule has 2 heterocycles. The molecule has 0 saturated carbocycles. The number of benzene rings is 2. The van der Waals surface area contributed by atoms with E-state index in [1.807, 2.05) is 59.5 Å². The predicted octanol–water partition coefficient (Wildman–Crippen LogP) is 5.01. The Kier molecular flexibility index (Phi) is 6.47. The summed E-state index contributed by atoms with van der Waals surface area (Å²) in [5.41, 5.74) is 4.67. The molecule has 1 atom stereocenters. The lowest BCUT2D eigenvalue weighted by Crippen LogP contribution is -2.41. The monoisotopic (exact) mass is 455 g/mol. The maximum atomic E-state index is 13.1. The third kappa shape index (κ3) is 4.62. The Labute approximate surface area is 199 Å². The molecular weight excluding hydrogens is 426 g/mol. The van der Waals surface area contributed by atoms with E-state index in [9.17, 15) is 9.59 Å². The number of allylic oxidation sites excluding steroid dienone is 1. The van der Waals surface area contributed by atoms with Crippen LogP contribution in [-0.2, 0) is 16.0 Å². The summed E-state index contributed by atoms with van der Waals surface area (Å²) in [5.74, 6) is 0.695. The lowest BCUT2D eigenvalue weighted by molar-refractivity contribution is -0.120. The zero-order valence-electron chi connectivity index (χ0n) is 19.1. The minimum Gasteiger partial charge on any atom is -0.467 e. The van der Waals surface area contributed by atoms with Gasteiger partial charge >= 0.3 is 0 Å². The summed E-state index contributed by atoms with van der Waals surface area (Å²) in [4.78, 5) is 28.2. The highest BCUT2D eigenvalue weighted by molar-refractivity contribution is 6.01. The number of nitrogens with one attached hydrogen (secondary N) is 2. The number of aryl methyl sites for hydroxylation is 1. The zero-order valence-corrected chi connectivity index (χ0v) is 19.1. The SMILES string of the molecule is O=C(CN1c2ccccc2NC2=C(C(=O)CCC2)[C@H]1c1ccco1)NCCCc1ccccc1. The van der Waals surface area contributed by atoms with Crippen molar-refractivity contribution in [2.45, 2.75) is 38.1 Å². The number of ketones is 1. The molecule has 0 fully saturated rings. The van der Waals surface area contributed by atoms with Gasteiger partial charge in [-0.25, -0.2) is 0 Å². The largest absolute Gasteiger partial charge is 0.467 e. The molecule has 1 aromatic heterocycles. The van der Waals surface area contributed by atoms with Gasteiger partial charge in [-0.15, -0.1) is 0 Å². The summed E-state index contributed by atoms with van der Waals surface area (Å²) in [6.07, 6.45) is 5.52. The van der Waals surface area contributed by atoms with Crippen molar-refractivity contribution in [1.29, 1.82) is 0 Å². The lowest BCUT2D eigenvalue weighted by atomic mass is 9.88. The van der Waals surface area contributed by atoms with Gasteiger partial charge in [0.2, 0.25) is 5.91 Å². The smallest absolute Gasteiger partial charge is 0.239 e. The Balaban J connectivity index is 1.39. The molecule has 0 bridgehead atoms. The molecule has 5 rings (SSSR count). The average molecular weight is 456 g/mol. The van der Waals surface area contributed by atoms with Crippen LogP contribution in [0.3, 0.4) is 0 Å². The molecule has 0 spiro atoms. The summed E-state index contributed by atoms with van der Waals surface area (Å²) >= 11 is 0. The van der Waals surface area contributed by atoms with Crippen molar-refractivity contribution in [2.24, 2.45) is 0 Å². The van der Waals surface area contributed by atoms with Gasteiger partial charge in [-0.3, -0.25) is 9.59 Å². The Morgan fingerprint density at radius 1 is 1.03 bits per heavy atom. The number of hydrogen-bond acceptors (Lipinski definition) is 5. The maximum Gasteiger partial charge on any atom is 0.239 e. The highest BCUT2D eigenvalue weighted by Gasteiger charge is 2.38. The topological polar surface area (TPSA) is 74.6 Å². The van der Waals surface area contributed by atoms with Crippen LogP contribution in [0.15, 0.2) is 88.7 Å². The summed E-state index contributed by atoms with van der Waals surface area (Å²) < 4.78 is 5.81. The number of furan rings is 1. The molecule has 0 radical (unpaired) electrons. The molecule has 0 unspecified atom stereocenters. The molecule has 174 valence electrons. The molecule has 1 aliphatic carbocycles. The number of nitrogens with zero attached hydrogens (tertiary/aromatic N) is 1. The number of anilines is 2. The van der Waals surface area contributed by atoms with Crippen LogP contribution in [0.1, 0.15) is 43.0 Å². The van der Waals surface area contributed by atoms with E-state index in [0.29, 0.717) is 24.3 Å². The second-order valence-electron chi connectivity index (χ2n) is 8.80. The van der Waals surface area contributed by atoms with Gasteiger partial charge in [0.1, 0.15) is 11.8 Å². The number of hydrogen-bond donors (Lipinski definition) is 2. The fourth-order valence-electron chi connectivity index (χ4n) is 4.89. The molecule has 3 aromatic rings. The molecule has 0 saturated heterocycles. The number of rotatable bonds is 7. The minimum atomic E-state index is -0.455. The van der Waals surface area contributed by atoms with Crippen molar-refractivity contribution in [3.8, 4) is 0 Å². The standard InChI is InChI=1S/C28H29N3O3/c32-24-15-6-13-22-27(24)28(25-16-8-18-34-25)31(23-14-5-4-12-21(23)30-22)19-26(33)29-17-7-11-20-9-2-1-3-10-20/h1-5,8-10,12,14,16,18,28,30H,6-7,11,13,15,17,19H2,(H,29,33)/t28-/m1/s1. The highest BCUT2D eigenvalue weighted by atomic mass is 16.3. The van der Waals surface area contributed by atoms with Crippen molar-refractivity contribution in [3.63, 3.8) is 0 Å². The fraction of sp³-hybridized carbons (Fsp3) is 0.286. The van der Waals surface area contributed by atoms with Crippen molar-refractivity contribution >= 4 is 23.1 Å². The van der Waals surface area contributed by atoms with Crippen molar-refractivity contribution in [2.75, 3.05) is 23.3 Å². The first-order valence-corrected chi connectivity index (χ1v) is 11.9. The van der Waals surface area contributed by atoms with Gasteiger partial charge < -0.3 is 20.0 Å². The molecular formula is C28H29N3O3. The van der Waals surface area contributed by atoms with Crippen molar-refractivity contribution < 1.29 is 14.0 Å². The minimum absolute atomic E-state index is 0.0771. The number of para-hydroxylation sites is 2. The van der Waals surface area contributed by atoms with E-state index in [2.05, 4.69) is 22.8 Å². The summed E-state index contributed by atoms with van der Waals surface area (Å²) in [6, 6.07) is 21.4. The van der Waals surface area contributed by atoms with Crippen molar-refractivity contribution in [3.05, 3.63) is 95.6 Å². The van der Waals surface area contributed by atoms with Crippen LogP contribution in [0.25, 0.3) is 0 Å². The lowest BCUT2D eigenvalue weighted by Gasteiger charge is -2.33. The average Bonchev–Trinajstić information content (AvgIpc) is 3.34. The number of fused-ring (bicyclic) bond motifs is 1. The van der Waals surface area contributed by atoms with Crippen LogP contribution in [0, 0.1) is 0 Å². The maximum absolute atomic E-state index is 13.1. The third-order valence-corrected chi connectivity index (χ3v) is 6.47. The van der Waals surface area contributed by atoms with Crippen LogP contribution >= 0.6 is 0 Å². The van der Waals surface area contributed by atoms with Crippen LogP contribution < -0.4 is 15.5 Å². The number of Topliss-reactive ketones (excluding diaryl/α,β-unsaturated/α-hetero) is 1. The van der Waals surface area contributed by atoms with Gasteiger partial charge in [0.05, 0.1) is 24.2 Å². The second kappa shape index (κ2) is 10.00. The van der Waals surface area contributed by atoms with E-state index in [0.717, 1.165) is 42.8 Å². The second-order valence-corrected chi connectivity index (χ2v) is 8.80. The van der Waals surface area contributed by atoms with Crippen LogP contribution in [0.5, 0.6) is 0 Å². The van der Waals surface area contributed by atoms with Crippen LogP contribution in [0.2, 0.25) is 0 Å². The molecule has 1 amide bonds. The van der Waals surface area contributed by atoms with E-state index in [1.54, 1.807) is 6.26 Å². The predicted molar refractivity (Wildman–Crippen MR) is 133 cm³/mol. The number of amides is 1. The van der Waals surface area contributed by atoms with Gasteiger partial charge in [-0.05, 0) is 55.5 Å². The summed E-state index contributed by atoms with van der Waals surface area (Å²) in [5, 5.41) is 6.57. The molecule has 2 aliphatic rings. The molecule has 6 nitrogen and oxygen atoms in total. The zero-order chi connectivity index (χ0) is 23.3. The molecule has 1 aliphatic heterocycles. The normalized spacial score (nSPS) is 17.5. The fourth-order valence-corrected chi connectivity index (χ4v) is 4.89. The Bertz CT molecular complexity index is 1180. The number of carbonyl (C=O) groups is 2. The van der Waals surface area contributed by atoms with Gasteiger partial charge in [-0.2, -0.15) is 0 Å². The van der Waals surface area contributed by atoms with E-state index < -0.39 is 6.04 Å². The Morgan fingerprint density at radius 2 is 1.85 bits per heavy atom. The molecule has 6 heteroatoms.